The summed E-state index contributed by atoms with van der Waals surface area (Å²) in [6.45, 7) is 3.41. The highest BCUT2D eigenvalue weighted by atomic mass is 79.9. The molecule has 2 atom stereocenters. The van der Waals surface area contributed by atoms with Crippen molar-refractivity contribution < 1.29 is 5.11 Å². The van der Waals surface area contributed by atoms with Crippen LogP contribution in [0.5, 0.6) is 0 Å². The van der Waals surface area contributed by atoms with E-state index in [1.165, 1.54) is 24.1 Å². The van der Waals surface area contributed by atoms with Gasteiger partial charge in [0.2, 0.25) is 0 Å². The smallest absolute Gasteiger partial charge is 0.0431 e. The second-order valence-electron chi connectivity index (χ2n) is 5.35. The van der Waals surface area contributed by atoms with Crippen LogP contribution in [0.2, 0.25) is 0 Å². The molecule has 1 aliphatic heterocycles. The molecule has 3 N–H and O–H groups in total. The quantitative estimate of drug-likeness (QED) is 0.873. The van der Waals surface area contributed by atoms with Gasteiger partial charge in [-0.1, -0.05) is 15.9 Å². The van der Waals surface area contributed by atoms with E-state index in [4.69, 9.17) is 10.8 Å². The van der Waals surface area contributed by atoms with Gasteiger partial charge in [-0.3, -0.25) is 0 Å². The topological polar surface area (TPSA) is 49.5 Å². The first-order valence-corrected chi connectivity index (χ1v) is 7.85. The van der Waals surface area contributed by atoms with Gasteiger partial charge >= 0.3 is 0 Å². The van der Waals surface area contributed by atoms with Gasteiger partial charge in [0.1, 0.15) is 0 Å². The third-order valence-corrected chi connectivity index (χ3v) is 4.36. The van der Waals surface area contributed by atoms with E-state index < -0.39 is 0 Å². The second kappa shape index (κ2) is 6.73. The van der Waals surface area contributed by atoms with Gasteiger partial charge in [-0.05, 0) is 56.4 Å². The molecule has 2 rings (SSSR count). The first-order chi connectivity index (χ1) is 9.13. The minimum absolute atomic E-state index is 0.0339. The number of hydrogen-bond acceptors (Lipinski definition) is 3. The first-order valence-electron chi connectivity index (χ1n) is 7.06. The van der Waals surface area contributed by atoms with Crippen molar-refractivity contribution in [2.24, 2.45) is 5.73 Å². The Bertz CT molecular complexity index is 423. The van der Waals surface area contributed by atoms with Crippen LogP contribution in [0.4, 0.5) is 5.69 Å². The molecular formula is C15H23BrN2O. The second-order valence-corrected chi connectivity index (χ2v) is 6.26. The van der Waals surface area contributed by atoms with Crippen molar-refractivity contribution in [2.45, 2.75) is 44.7 Å². The van der Waals surface area contributed by atoms with Crippen LogP contribution in [0.15, 0.2) is 22.7 Å². The Morgan fingerprint density at radius 2 is 2.32 bits per heavy atom. The van der Waals surface area contributed by atoms with Crippen molar-refractivity contribution in [2.75, 3.05) is 18.1 Å². The van der Waals surface area contributed by atoms with Crippen molar-refractivity contribution in [1.29, 1.82) is 0 Å². The summed E-state index contributed by atoms with van der Waals surface area (Å²) in [5, 5.41) is 9.02. The van der Waals surface area contributed by atoms with Crippen molar-refractivity contribution >= 4 is 21.6 Å². The van der Waals surface area contributed by atoms with Gasteiger partial charge < -0.3 is 15.7 Å². The van der Waals surface area contributed by atoms with E-state index in [0.29, 0.717) is 6.04 Å². The highest BCUT2D eigenvalue weighted by Crippen LogP contribution is 2.34. The minimum atomic E-state index is 0.0339. The number of nitrogens with zero attached hydrogens (tertiary/aromatic N) is 1. The summed E-state index contributed by atoms with van der Waals surface area (Å²) >= 11 is 3.52. The van der Waals surface area contributed by atoms with Crippen molar-refractivity contribution in [1.82, 2.24) is 0 Å². The van der Waals surface area contributed by atoms with Gasteiger partial charge in [0.25, 0.3) is 0 Å². The van der Waals surface area contributed by atoms with E-state index in [0.717, 1.165) is 23.9 Å². The molecule has 2 unspecified atom stereocenters. The zero-order valence-electron chi connectivity index (χ0n) is 11.5. The summed E-state index contributed by atoms with van der Waals surface area (Å²) in [4.78, 5) is 2.47. The Labute approximate surface area is 123 Å². The zero-order chi connectivity index (χ0) is 13.8. The van der Waals surface area contributed by atoms with E-state index in [1.54, 1.807) is 0 Å². The van der Waals surface area contributed by atoms with E-state index in [2.05, 4.69) is 39.0 Å². The van der Waals surface area contributed by atoms with Crippen LogP contribution < -0.4 is 10.6 Å². The van der Waals surface area contributed by atoms with Gasteiger partial charge in [-0.15, -0.1) is 0 Å². The minimum Gasteiger partial charge on any atom is -0.396 e. The molecule has 0 spiro atoms. The fraction of sp³-hybridized carbons (Fsp3) is 0.600. The molecule has 4 heteroatoms. The SMILES string of the molecule is CC(N)c1cc(Br)ccc1N1CCCC1CCCO. The number of hydrogen-bond donors (Lipinski definition) is 2. The lowest BCUT2D eigenvalue weighted by molar-refractivity contribution is 0.279. The number of aliphatic hydroxyl groups is 1. The maximum atomic E-state index is 9.02. The predicted molar refractivity (Wildman–Crippen MR) is 83.4 cm³/mol. The predicted octanol–water partition coefficient (Wildman–Crippen LogP) is 3.21. The fourth-order valence-electron chi connectivity index (χ4n) is 2.93. The number of rotatable bonds is 5. The van der Waals surface area contributed by atoms with Crippen LogP contribution in [-0.4, -0.2) is 24.3 Å². The van der Waals surface area contributed by atoms with Crippen LogP contribution in [0.25, 0.3) is 0 Å². The molecule has 0 saturated carbocycles. The Morgan fingerprint density at radius 3 is 3.00 bits per heavy atom. The van der Waals surface area contributed by atoms with Crippen LogP contribution in [0.3, 0.4) is 0 Å². The third-order valence-electron chi connectivity index (χ3n) is 3.86. The maximum Gasteiger partial charge on any atom is 0.0431 e. The summed E-state index contributed by atoms with van der Waals surface area (Å²) in [6.07, 6.45) is 4.38. The lowest BCUT2D eigenvalue weighted by atomic mass is 10.0. The first kappa shape index (κ1) is 14.8. The molecule has 19 heavy (non-hydrogen) atoms. The standard InChI is InChI=1S/C15H23BrN2O/c1-11(17)14-10-12(16)6-7-15(14)18-8-2-4-13(18)5-3-9-19/h6-7,10-11,13,19H,2-5,8-9,17H2,1H3. The number of benzene rings is 1. The molecule has 1 aromatic rings. The number of halogens is 1. The summed E-state index contributed by atoms with van der Waals surface area (Å²) in [5.41, 5.74) is 8.57. The summed E-state index contributed by atoms with van der Waals surface area (Å²) < 4.78 is 1.08. The molecular weight excluding hydrogens is 304 g/mol. The normalized spacial score (nSPS) is 20.8. The fourth-order valence-corrected chi connectivity index (χ4v) is 3.31. The van der Waals surface area contributed by atoms with Gasteiger partial charge in [0, 0.05) is 35.4 Å². The van der Waals surface area contributed by atoms with Gasteiger partial charge in [0.15, 0.2) is 0 Å². The van der Waals surface area contributed by atoms with Gasteiger partial charge in [0.05, 0.1) is 0 Å². The number of nitrogens with two attached hydrogens (primary N) is 1. The molecule has 1 saturated heterocycles. The van der Waals surface area contributed by atoms with Crippen LogP contribution in [-0.2, 0) is 0 Å². The molecule has 3 nitrogen and oxygen atoms in total. The van der Waals surface area contributed by atoms with E-state index >= 15 is 0 Å². The molecule has 0 aromatic heterocycles. The zero-order valence-corrected chi connectivity index (χ0v) is 13.1. The van der Waals surface area contributed by atoms with Crippen molar-refractivity contribution in [3.8, 4) is 0 Å². The molecule has 1 aliphatic rings. The van der Waals surface area contributed by atoms with Gasteiger partial charge in [-0.25, -0.2) is 0 Å². The molecule has 1 heterocycles. The molecule has 1 fully saturated rings. The van der Waals surface area contributed by atoms with Crippen LogP contribution in [0, 0.1) is 0 Å². The Morgan fingerprint density at radius 1 is 1.53 bits per heavy atom. The highest BCUT2D eigenvalue weighted by molar-refractivity contribution is 9.10. The monoisotopic (exact) mass is 326 g/mol. The van der Waals surface area contributed by atoms with Crippen molar-refractivity contribution in [3.05, 3.63) is 28.2 Å². The van der Waals surface area contributed by atoms with E-state index in [1.807, 2.05) is 6.92 Å². The molecule has 106 valence electrons. The third kappa shape index (κ3) is 3.50. The van der Waals surface area contributed by atoms with Crippen LogP contribution in [0.1, 0.15) is 44.2 Å². The average molecular weight is 327 g/mol. The Balaban J connectivity index is 2.24. The maximum absolute atomic E-state index is 9.02. The molecule has 0 bridgehead atoms. The molecule has 0 radical (unpaired) electrons. The summed E-state index contributed by atoms with van der Waals surface area (Å²) in [5.74, 6) is 0. The highest BCUT2D eigenvalue weighted by Gasteiger charge is 2.26. The average Bonchev–Trinajstić information content (AvgIpc) is 2.84. The van der Waals surface area contributed by atoms with Gasteiger partial charge in [-0.2, -0.15) is 0 Å². The summed E-state index contributed by atoms with van der Waals surface area (Å²) in [7, 11) is 0. The van der Waals surface area contributed by atoms with E-state index in [-0.39, 0.29) is 12.6 Å². The largest absolute Gasteiger partial charge is 0.396 e. The lowest BCUT2D eigenvalue weighted by Crippen LogP contribution is -2.31. The molecule has 0 aliphatic carbocycles. The lowest BCUT2D eigenvalue weighted by Gasteiger charge is -2.30. The van der Waals surface area contributed by atoms with Crippen molar-refractivity contribution in [3.63, 3.8) is 0 Å². The number of anilines is 1. The number of aliphatic hydroxyl groups excluding tert-OH is 1. The molecule has 1 aromatic carbocycles. The molecule has 0 amide bonds. The van der Waals surface area contributed by atoms with E-state index in [9.17, 15) is 0 Å². The Kier molecular flexibility index (Phi) is 5.25. The Hall–Kier alpha value is -0.580. The summed E-state index contributed by atoms with van der Waals surface area (Å²) in [6, 6.07) is 6.96. The van der Waals surface area contributed by atoms with Crippen LogP contribution >= 0.6 is 15.9 Å².